The van der Waals surface area contributed by atoms with Gasteiger partial charge in [-0.15, -0.1) is 0 Å². The van der Waals surface area contributed by atoms with E-state index in [1.165, 1.54) is 4.90 Å². The smallest absolute Gasteiger partial charge is 0.322 e. The number of halogens is 1. The van der Waals surface area contributed by atoms with Gasteiger partial charge in [0.2, 0.25) is 0 Å². The SMILES string of the molecule is CCOC(=O)CCN1C=C[C@@](C)(C(C)(C)c2ccc(CCC(C)(C)C)c(Cl)c2)NC1=O. The molecule has 2 amide bonds. The monoisotopic (exact) mass is 448 g/mol. The number of hydrogen-bond acceptors (Lipinski definition) is 3. The first-order valence-electron chi connectivity index (χ1n) is 11.0. The highest BCUT2D eigenvalue weighted by molar-refractivity contribution is 6.31. The van der Waals surface area contributed by atoms with Crippen LogP contribution < -0.4 is 5.32 Å². The Hall–Kier alpha value is -2.01. The van der Waals surface area contributed by atoms with E-state index in [0.717, 1.165) is 29.0 Å². The van der Waals surface area contributed by atoms with Gasteiger partial charge in [0.1, 0.15) is 0 Å². The lowest BCUT2D eigenvalue weighted by molar-refractivity contribution is -0.143. The molecular formula is C25H37ClN2O3. The maximum atomic E-state index is 12.7. The number of urea groups is 1. The predicted molar refractivity (Wildman–Crippen MR) is 126 cm³/mol. The molecule has 0 bridgehead atoms. The van der Waals surface area contributed by atoms with Gasteiger partial charge in [-0.25, -0.2) is 4.79 Å². The number of carbonyl (C=O) groups is 2. The van der Waals surface area contributed by atoms with Crippen LogP contribution in [0.1, 0.15) is 72.4 Å². The lowest BCUT2D eigenvalue weighted by Crippen LogP contribution is -2.61. The van der Waals surface area contributed by atoms with E-state index in [4.69, 9.17) is 16.3 Å². The summed E-state index contributed by atoms with van der Waals surface area (Å²) >= 11 is 6.64. The summed E-state index contributed by atoms with van der Waals surface area (Å²) in [6.45, 7) is 15.3. The van der Waals surface area contributed by atoms with E-state index in [0.29, 0.717) is 6.61 Å². The van der Waals surface area contributed by atoms with Gasteiger partial charge in [0.15, 0.2) is 0 Å². The Morgan fingerprint density at radius 1 is 1.23 bits per heavy atom. The summed E-state index contributed by atoms with van der Waals surface area (Å²) in [6, 6.07) is 6.02. The number of hydrogen-bond donors (Lipinski definition) is 1. The first-order valence-corrected chi connectivity index (χ1v) is 11.4. The van der Waals surface area contributed by atoms with E-state index in [-0.39, 0.29) is 30.4 Å². The van der Waals surface area contributed by atoms with Crippen LogP contribution in [-0.2, 0) is 21.4 Å². The molecule has 1 N–H and O–H groups in total. The number of rotatable bonds is 8. The number of benzene rings is 1. The van der Waals surface area contributed by atoms with Gasteiger partial charge in [0.25, 0.3) is 0 Å². The molecule has 1 aliphatic heterocycles. The summed E-state index contributed by atoms with van der Waals surface area (Å²) in [7, 11) is 0. The maximum Gasteiger partial charge on any atom is 0.322 e. The quantitative estimate of drug-likeness (QED) is 0.507. The molecule has 0 fully saturated rings. The molecular weight excluding hydrogens is 412 g/mol. The number of nitrogens with zero attached hydrogens (tertiary/aromatic N) is 1. The van der Waals surface area contributed by atoms with Crippen LogP contribution in [0.3, 0.4) is 0 Å². The number of carbonyl (C=O) groups excluding carboxylic acids is 2. The average Bonchev–Trinajstić information content (AvgIpc) is 2.65. The second-order valence-electron chi connectivity index (χ2n) is 10.2. The van der Waals surface area contributed by atoms with Crippen molar-refractivity contribution in [3.8, 4) is 0 Å². The molecule has 1 aromatic rings. The van der Waals surface area contributed by atoms with Crippen LogP contribution >= 0.6 is 11.6 Å². The van der Waals surface area contributed by atoms with Crippen molar-refractivity contribution in [2.24, 2.45) is 5.41 Å². The van der Waals surface area contributed by atoms with Crippen molar-refractivity contribution in [2.75, 3.05) is 13.2 Å². The largest absolute Gasteiger partial charge is 0.466 e. The van der Waals surface area contributed by atoms with Crippen molar-refractivity contribution in [3.05, 3.63) is 46.6 Å². The first kappa shape index (κ1) is 25.3. The summed E-state index contributed by atoms with van der Waals surface area (Å²) in [4.78, 5) is 25.9. The van der Waals surface area contributed by atoms with Crippen LogP contribution in [0.2, 0.25) is 5.02 Å². The van der Waals surface area contributed by atoms with Crippen molar-refractivity contribution in [2.45, 2.75) is 78.7 Å². The Balaban J connectivity index is 2.17. The zero-order chi connectivity index (χ0) is 23.4. The fourth-order valence-electron chi connectivity index (χ4n) is 3.58. The van der Waals surface area contributed by atoms with Crippen LogP contribution in [0, 0.1) is 5.41 Å². The van der Waals surface area contributed by atoms with E-state index in [1.807, 2.05) is 19.1 Å². The predicted octanol–water partition coefficient (Wildman–Crippen LogP) is 5.85. The molecule has 31 heavy (non-hydrogen) atoms. The summed E-state index contributed by atoms with van der Waals surface area (Å²) < 4.78 is 4.94. The standard InChI is InChI=1S/C25H37ClN2O3/c1-8-31-21(29)12-15-28-16-14-25(7,27-22(28)30)24(5,6)19-10-9-18(20(26)17-19)11-13-23(2,3)4/h9-10,14,16-17H,8,11-13,15H2,1-7H3,(H,27,30)/t25-/m0/s1. The highest BCUT2D eigenvalue weighted by Crippen LogP contribution is 2.39. The number of esters is 1. The van der Waals surface area contributed by atoms with Crippen LogP contribution in [0.5, 0.6) is 0 Å². The fraction of sp³-hybridized carbons (Fsp3) is 0.600. The van der Waals surface area contributed by atoms with E-state index < -0.39 is 11.0 Å². The van der Waals surface area contributed by atoms with Crippen LogP contribution in [0.4, 0.5) is 4.79 Å². The number of amides is 2. The van der Waals surface area contributed by atoms with Gasteiger partial charge in [0, 0.05) is 23.2 Å². The minimum absolute atomic E-state index is 0.164. The maximum absolute atomic E-state index is 12.7. The highest BCUT2D eigenvalue weighted by Gasteiger charge is 2.44. The Labute approximate surface area is 192 Å². The topological polar surface area (TPSA) is 58.6 Å². The van der Waals surface area contributed by atoms with Crippen molar-refractivity contribution >= 4 is 23.6 Å². The fourth-order valence-corrected chi connectivity index (χ4v) is 3.85. The molecule has 0 radical (unpaired) electrons. The average molecular weight is 449 g/mol. The molecule has 1 atom stereocenters. The molecule has 1 aliphatic rings. The molecule has 0 spiro atoms. The van der Waals surface area contributed by atoms with Gasteiger partial charge < -0.3 is 15.0 Å². The minimum atomic E-state index is -0.610. The highest BCUT2D eigenvalue weighted by atomic mass is 35.5. The molecule has 172 valence electrons. The van der Waals surface area contributed by atoms with Crippen molar-refractivity contribution in [1.82, 2.24) is 10.2 Å². The molecule has 0 unspecified atom stereocenters. The van der Waals surface area contributed by atoms with Crippen LogP contribution in [-0.4, -0.2) is 35.6 Å². The lowest BCUT2D eigenvalue weighted by atomic mass is 9.68. The molecule has 6 heteroatoms. The Morgan fingerprint density at radius 2 is 1.90 bits per heavy atom. The molecule has 0 saturated carbocycles. The number of nitrogens with one attached hydrogen (secondary N) is 1. The molecule has 5 nitrogen and oxygen atoms in total. The van der Waals surface area contributed by atoms with Gasteiger partial charge in [0.05, 0.1) is 18.6 Å². The molecule has 0 aromatic heterocycles. The zero-order valence-electron chi connectivity index (χ0n) is 20.0. The van der Waals surface area contributed by atoms with Gasteiger partial charge in [-0.05, 0) is 55.4 Å². The minimum Gasteiger partial charge on any atom is -0.466 e. The normalized spacial score (nSPS) is 19.4. The summed E-state index contributed by atoms with van der Waals surface area (Å²) in [5.74, 6) is -0.307. The Bertz CT molecular complexity index is 842. The molecule has 0 aliphatic carbocycles. The van der Waals surface area contributed by atoms with E-state index >= 15 is 0 Å². The molecule has 0 saturated heterocycles. The lowest BCUT2D eigenvalue weighted by Gasteiger charge is -2.46. The molecule has 2 rings (SSSR count). The molecule has 1 heterocycles. The second-order valence-corrected chi connectivity index (χ2v) is 10.6. The van der Waals surface area contributed by atoms with Crippen molar-refractivity contribution in [3.63, 3.8) is 0 Å². The zero-order valence-corrected chi connectivity index (χ0v) is 20.7. The third-order valence-electron chi connectivity index (χ3n) is 6.29. The van der Waals surface area contributed by atoms with Gasteiger partial charge >= 0.3 is 12.0 Å². The third-order valence-corrected chi connectivity index (χ3v) is 6.65. The second kappa shape index (κ2) is 9.64. The van der Waals surface area contributed by atoms with Gasteiger partial charge in [-0.2, -0.15) is 0 Å². The van der Waals surface area contributed by atoms with Gasteiger partial charge in [-0.3, -0.25) is 4.79 Å². The number of aryl methyl sites for hydroxylation is 1. The van der Waals surface area contributed by atoms with E-state index in [1.54, 1.807) is 13.1 Å². The van der Waals surface area contributed by atoms with E-state index in [9.17, 15) is 9.59 Å². The van der Waals surface area contributed by atoms with Crippen molar-refractivity contribution < 1.29 is 14.3 Å². The first-order chi connectivity index (χ1) is 14.3. The third kappa shape index (κ3) is 6.25. The van der Waals surface area contributed by atoms with Crippen LogP contribution in [0.25, 0.3) is 0 Å². The van der Waals surface area contributed by atoms with Gasteiger partial charge in [-0.1, -0.05) is 58.4 Å². The number of ether oxygens (including phenoxy) is 1. The van der Waals surface area contributed by atoms with E-state index in [2.05, 4.69) is 52.1 Å². The summed E-state index contributed by atoms with van der Waals surface area (Å²) in [6.07, 6.45) is 5.91. The van der Waals surface area contributed by atoms with Crippen LogP contribution in [0.15, 0.2) is 30.5 Å². The van der Waals surface area contributed by atoms with Crippen molar-refractivity contribution in [1.29, 1.82) is 0 Å². The summed E-state index contributed by atoms with van der Waals surface area (Å²) in [5, 5.41) is 3.89. The Morgan fingerprint density at radius 3 is 2.45 bits per heavy atom. The summed E-state index contributed by atoms with van der Waals surface area (Å²) in [5.41, 5.74) is 1.45. The Kier molecular flexibility index (Phi) is 7.85. The molecule has 1 aromatic carbocycles.